The number of aromatic nitrogens is 3. The van der Waals surface area contributed by atoms with Crippen molar-refractivity contribution in [2.75, 3.05) is 40.0 Å². The molecule has 1 saturated heterocycles. The lowest BCUT2D eigenvalue weighted by Gasteiger charge is -2.38. The summed E-state index contributed by atoms with van der Waals surface area (Å²) in [6.07, 6.45) is 2.39. The molecule has 1 aliphatic heterocycles. The van der Waals surface area contributed by atoms with E-state index >= 15 is 0 Å². The summed E-state index contributed by atoms with van der Waals surface area (Å²) in [4.78, 5) is 15.6. The molecule has 0 aliphatic carbocycles. The van der Waals surface area contributed by atoms with Crippen LogP contribution < -0.4 is 5.32 Å². The minimum absolute atomic E-state index is 0.0424. The Hall–Kier alpha value is -2.43. The molecule has 1 fully saturated rings. The number of methoxy groups -OCH3 is 1. The second-order valence-electron chi connectivity index (χ2n) is 9.26. The molecular formula is C24H35F2N5O3. The molecule has 8 nitrogen and oxygen atoms in total. The van der Waals surface area contributed by atoms with Gasteiger partial charge in [-0.3, -0.25) is 4.79 Å². The number of halogens is 2. The number of carbonyl (C=O) groups excluding carboxylic acids is 1. The van der Waals surface area contributed by atoms with Crippen LogP contribution in [-0.2, 0) is 11.2 Å². The lowest BCUT2D eigenvalue weighted by molar-refractivity contribution is 0.0546. The number of aliphatic hydroxyl groups excluding tert-OH is 1. The molecule has 1 aromatic heterocycles. The fourth-order valence-electron chi connectivity index (χ4n) is 4.41. The maximum Gasteiger partial charge on any atom is 0.276 e. The first-order chi connectivity index (χ1) is 16.4. The van der Waals surface area contributed by atoms with E-state index < -0.39 is 11.6 Å². The molecule has 2 heterocycles. The first-order valence-corrected chi connectivity index (χ1v) is 11.9. The number of hydrogen-bond acceptors (Lipinski definition) is 6. The Balaban J connectivity index is 1.99. The summed E-state index contributed by atoms with van der Waals surface area (Å²) in [5, 5.41) is 21.1. The van der Waals surface area contributed by atoms with Crippen LogP contribution in [0.1, 0.15) is 49.3 Å². The van der Waals surface area contributed by atoms with Gasteiger partial charge >= 0.3 is 0 Å². The van der Waals surface area contributed by atoms with Crippen LogP contribution in [0.15, 0.2) is 18.2 Å². The zero-order valence-corrected chi connectivity index (χ0v) is 20.1. The van der Waals surface area contributed by atoms with Gasteiger partial charge in [-0.15, -0.1) is 5.10 Å². The molecule has 0 spiro atoms. The van der Waals surface area contributed by atoms with E-state index in [9.17, 15) is 18.7 Å². The standard InChI is InChI=1S/C24H35F2N5O3/c1-16(2)14-30(18-11-17(15-32)12-27-13-18)24(33)22-21(9-4-5-10-34-3)31(29-28-22)23-19(25)7-6-8-20(23)26/h6-8,16-18,27,32H,4-5,9-15H2,1-3H3/t17-,18+/m1/s1. The van der Waals surface area contributed by atoms with E-state index in [1.165, 1.54) is 6.07 Å². The zero-order chi connectivity index (χ0) is 24.7. The summed E-state index contributed by atoms with van der Waals surface area (Å²) in [5.41, 5.74) is 0.138. The largest absolute Gasteiger partial charge is 0.396 e. The highest BCUT2D eigenvalue weighted by atomic mass is 19.1. The van der Waals surface area contributed by atoms with E-state index in [1.807, 2.05) is 13.8 Å². The highest BCUT2D eigenvalue weighted by Gasteiger charge is 2.34. The lowest BCUT2D eigenvalue weighted by Crippen LogP contribution is -2.53. The van der Waals surface area contributed by atoms with Gasteiger partial charge in [0.15, 0.2) is 17.3 Å². The quantitative estimate of drug-likeness (QED) is 0.482. The summed E-state index contributed by atoms with van der Waals surface area (Å²) in [6, 6.07) is 3.47. The summed E-state index contributed by atoms with van der Waals surface area (Å²) >= 11 is 0. The van der Waals surface area contributed by atoms with Gasteiger partial charge < -0.3 is 20.1 Å². The summed E-state index contributed by atoms with van der Waals surface area (Å²) < 4.78 is 35.4. The van der Waals surface area contributed by atoms with Crippen LogP contribution in [0.4, 0.5) is 8.78 Å². The molecule has 1 amide bonds. The minimum atomic E-state index is -0.775. The third-order valence-electron chi connectivity index (χ3n) is 6.07. The Morgan fingerprint density at radius 1 is 1.29 bits per heavy atom. The highest BCUT2D eigenvalue weighted by Crippen LogP contribution is 2.24. The molecule has 2 aromatic rings. The Morgan fingerprint density at radius 3 is 2.68 bits per heavy atom. The van der Waals surface area contributed by atoms with E-state index in [-0.39, 0.29) is 41.8 Å². The molecule has 0 bridgehead atoms. The maximum absolute atomic E-state index is 14.6. The number of unbranched alkanes of at least 4 members (excludes halogenated alkanes) is 1. The average Bonchev–Trinajstić information content (AvgIpc) is 3.23. The van der Waals surface area contributed by atoms with Crippen LogP contribution in [-0.4, -0.2) is 76.9 Å². The Kier molecular flexibility index (Phi) is 9.49. The van der Waals surface area contributed by atoms with Crippen molar-refractivity contribution >= 4 is 5.91 Å². The van der Waals surface area contributed by atoms with Gasteiger partial charge in [0.2, 0.25) is 0 Å². The fourth-order valence-corrected chi connectivity index (χ4v) is 4.41. The van der Waals surface area contributed by atoms with Gasteiger partial charge in [-0.05, 0) is 49.7 Å². The Labute approximate surface area is 199 Å². The maximum atomic E-state index is 14.6. The molecule has 0 saturated carbocycles. The molecule has 188 valence electrons. The van der Waals surface area contributed by atoms with Gasteiger partial charge in [0.25, 0.3) is 5.91 Å². The number of ether oxygens (including phenoxy) is 1. The first kappa shape index (κ1) is 26.2. The van der Waals surface area contributed by atoms with Gasteiger partial charge in [-0.1, -0.05) is 25.1 Å². The predicted octanol–water partition coefficient (Wildman–Crippen LogP) is 2.58. The topological polar surface area (TPSA) is 92.5 Å². The number of carbonyl (C=O) groups is 1. The van der Waals surface area contributed by atoms with Crippen molar-refractivity contribution in [2.24, 2.45) is 11.8 Å². The molecule has 2 N–H and O–H groups in total. The van der Waals surface area contributed by atoms with Gasteiger partial charge in [0.1, 0.15) is 5.69 Å². The van der Waals surface area contributed by atoms with Crippen LogP contribution in [0.3, 0.4) is 0 Å². The Morgan fingerprint density at radius 2 is 2.03 bits per heavy atom. The SMILES string of the molecule is COCCCCc1c(C(=O)N(CC(C)C)[C@@H]2CNC[C@H](CO)C2)nnn1-c1c(F)cccc1F. The van der Waals surface area contributed by atoms with Crippen molar-refractivity contribution in [1.29, 1.82) is 0 Å². The monoisotopic (exact) mass is 479 g/mol. The van der Waals surface area contributed by atoms with Crippen LogP contribution in [0, 0.1) is 23.5 Å². The zero-order valence-electron chi connectivity index (χ0n) is 20.1. The predicted molar refractivity (Wildman–Crippen MR) is 124 cm³/mol. The van der Waals surface area contributed by atoms with E-state index in [0.717, 1.165) is 23.2 Å². The first-order valence-electron chi connectivity index (χ1n) is 11.9. The number of rotatable bonds is 11. The van der Waals surface area contributed by atoms with E-state index in [2.05, 4.69) is 15.6 Å². The molecule has 0 radical (unpaired) electrons. The molecule has 0 unspecified atom stereocenters. The van der Waals surface area contributed by atoms with Crippen LogP contribution in [0.2, 0.25) is 0 Å². The number of piperidine rings is 1. The molecule has 2 atom stereocenters. The number of hydrogen-bond donors (Lipinski definition) is 2. The number of nitrogens with one attached hydrogen (secondary N) is 1. The van der Waals surface area contributed by atoms with E-state index in [4.69, 9.17) is 4.74 Å². The van der Waals surface area contributed by atoms with Crippen molar-refractivity contribution in [3.63, 3.8) is 0 Å². The molecule has 1 aliphatic rings. The van der Waals surface area contributed by atoms with Crippen molar-refractivity contribution in [3.8, 4) is 5.69 Å². The summed E-state index contributed by atoms with van der Waals surface area (Å²) in [5.74, 6) is -1.61. The number of nitrogens with zero attached hydrogens (tertiary/aromatic N) is 4. The van der Waals surface area contributed by atoms with Gasteiger partial charge in [-0.25, -0.2) is 13.5 Å². The van der Waals surface area contributed by atoms with Gasteiger partial charge in [0, 0.05) is 46.0 Å². The number of amides is 1. The van der Waals surface area contributed by atoms with E-state index in [0.29, 0.717) is 51.2 Å². The average molecular weight is 480 g/mol. The van der Waals surface area contributed by atoms with Crippen molar-refractivity contribution in [2.45, 2.75) is 45.6 Å². The molecule has 1 aromatic carbocycles. The summed E-state index contributed by atoms with van der Waals surface area (Å²) in [7, 11) is 1.61. The summed E-state index contributed by atoms with van der Waals surface area (Å²) in [6.45, 7) is 6.43. The normalized spacial score (nSPS) is 18.4. The number of aliphatic hydroxyl groups is 1. The number of benzene rings is 1. The van der Waals surface area contributed by atoms with Crippen molar-refractivity contribution < 1.29 is 23.4 Å². The fraction of sp³-hybridized carbons (Fsp3) is 0.625. The number of para-hydroxylation sites is 1. The van der Waals surface area contributed by atoms with Crippen LogP contribution in [0.5, 0.6) is 0 Å². The van der Waals surface area contributed by atoms with E-state index in [1.54, 1.807) is 12.0 Å². The van der Waals surface area contributed by atoms with Gasteiger partial charge in [0.05, 0.1) is 5.69 Å². The molecule has 3 rings (SSSR count). The van der Waals surface area contributed by atoms with Crippen molar-refractivity contribution in [3.05, 3.63) is 41.2 Å². The third-order valence-corrected chi connectivity index (χ3v) is 6.07. The molecule has 10 heteroatoms. The van der Waals surface area contributed by atoms with Crippen LogP contribution >= 0.6 is 0 Å². The molecular weight excluding hydrogens is 444 g/mol. The Bertz CT molecular complexity index is 932. The smallest absolute Gasteiger partial charge is 0.276 e. The minimum Gasteiger partial charge on any atom is -0.396 e. The highest BCUT2D eigenvalue weighted by molar-refractivity contribution is 5.93. The van der Waals surface area contributed by atoms with Crippen molar-refractivity contribution in [1.82, 2.24) is 25.2 Å². The lowest BCUT2D eigenvalue weighted by atomic mass is 9.94. The molecule has 34 heavy (non-hydrogen) atoms. The van der Waals surface area contributed by atoms with Crippen LogP contribution in [0.25, 0.3) is 5.69 Å². The second kappa shape index (κ2) is 12.3. The van der Waals surface area contributed by atoms with Gasteiger partial charge in [-0.2, -0.15) is 0 Å². The third kappa shape index (κ3) is 6.17. The second-order valence-corrected chi connectivity index (χ2v) is 9.26.